The number of hydrogen-bond donors (Lipinski definition) is 0. The second-order valence-corrected chi connectivity index (χ2v) is 8.70. The van der Waals surface area contributed by atoms with Crippen LogP contribution in [0.15, 0.2) is 42.6 Å². The first kappa shape index (κ1) is 26.5. The average Bonchev–Trinajstić information content (AvgIpc) is 3.23. The molecule has 0 fully saturated rings. The predicted octanol–water partition coefficient (Wildman–Crippen LogP) is 5.27. The summed E-state index contributed by atoms with van der Waals surface area (Å²) in [5.74, 6) is 0.629. The highest BCUT2D eigenvalue weighted by atomic mass is 16.5. The normalized spacial score (nSPS) is 11.8. The highest BCUT2D eigenvalue weighted by Crippen LogP contribution is 2.17. The van der Waals surface area contributed by atoms with E-state index in [9.17, 15) is 9.59 Å². The van der Waals surface area contributed by atoms with Crippen LogP contribution in [0, 0.1) is 0 Å². The van der Waals surface area contributed by atoms with E-state index >= 15 is 0 Å². The number of hydrogen-bond acceptors (Lipinski definition) is 3. The van der Waals surface area contributed by atoms with Crippen LogP contribution >= 0.6 is 0 Å². The number of aromatic nitrogens is 1. The molecular formula is C27H41N3O3. The summed E-state index contributed by atoms with van der Waals surface area (Å²) in [5.41, 5.74) is 1.66. The molecule has 0 aliphatic heterocycles. The third kappa shape index (κ3) is 7.95. The summed E-state index contributed by atoms with van der Waals surface area (Å²) in [6.07, 6.45) is 6.80. The fourth-order valence-corrected chi connectivity index (χ4v) is 3.59. The van der Waals surface area contributed by atoms with Crippen molar-refractivity contribution < 1.29 is 14.3 Å². The molecule has 0 aliphatic carbocycles. The molecule has 0 radical (unpaired) electrons. The number of unbranched alkanes of at least 4 members (excludes halogenated alkanes) is 2. The van der Waals surface area contributed by atoms with E-state index in [1.807, 2.05) is 60.8 Å². The summed E-state index contributed by atoms with van der Waals surface area (Å²) in [6.45, 7) is 10.3. The topological polar surface area (TPSA) is 54.8 Å². The van der Waals surface area contributed by atoms with Crippen LogP contribution in [0.25, 0.3) is 0 Å². The molecule has 6 nitrogen and oxygen atoms in total. The van der Waals surface area contributed by atoms with E-state index in [4.69, 9.17) is 4.74 Å². The molecule has 1 aromatic carbocycles. The van der Waals surface area contributed by atoms with E-state index in [2.05, 4.69) is 13.8 Å². The van der Waals surface area contributed by atoms with Gasteiger partial charge in [-0.3, -0.25) is 9.59 Å². The SMILES string of the molecule is CCCCOc1ccc(C(=O)N(CC(=O)N(CCCC)Cc2cccn2C)C(C)CC)cc1. The Hall–Kier alpha value is -2.76. The third-order valence-electron chi connectivity index (χ3n) is 6.10. The van der Waals surface area contributed by atoms with Crippen molar-refractivity contribution in [3.63, 3.8) is 0 Å². The predicted molar refractivity (Wildman–Crippen MR) is 133 cm³/mol. The van der Waals surface area contributed by atoms with Crippen molar-refractivity contribution >= 4 is 11.8 Å². The van der Waals surface area contributed by atoms with Gasteiger partial charge >= 0.3 is 0 Å². The lowest BCUT2D eigenvalue weighted by atomic mass is 10.1. The fraction of sp³-hybridized carbons (Fsp3) is 0.556. The van der Waals surface area contributed by atoms with E-state index in [-0.39, 0.29) is 24.4 Å². The lowest BCUT2D eigenvalue weighted by Crippen LogP contribution is -2.46. The minimum atomic E-state index is -0.118. The highest BCUT2D eigenvalue weighted by Gasteiger charge is 2.26. The van der Waals surface area contributed by atoms with Gasteiger partial charge in [0.05, 0.1) is 13.2 Å². The van der Waals surface area contributed by atoms with Crippen molar-refractivity contribution in [1.29, 1.82) is 0 Å². The number of benzene rings is 1. The van der Waals surface area contributed by atoms with Crippen LogP contribution in [0.4, 0.5) is 0 Å². The molecule has 0 spiro atoms. The van der Waals surface area contributed by atoms with Gasteiger partial charge < -0.3 is 19.1 Å². The zero-order valence-corrected chi connectivity index (χ0v) is 21.0. The number of ether oxygens (including phenoxy) is 1. The van der Waals surface area contributed by atoms with Crippen LogP contribution in [-0.2, 0) is 18.4 Å². The van der Waals surface area contributed by atoms with Crippen molar-refractivity contribution in [2.45, 2.75) is 72.4 Å². The minimum absolute atomic E-state index is 0.0159. The number of carbonyl (C=O) groups excluding carboxylic acids is 2. The van der Waals surface area contributed by atoms with Gasteiger partial charge in [0.25, 0.3) is 5.91 Å². The Balaban J connectivity index is 2.14. The zero-order chi connectivity index (χ0) is 24.2. The van der Waals surface area contributed by atoms with Crippen LogP contribution < -0.4 is 4.74 Å². The number of carbonyl (C=O) groups is 2. The maximum absolute atomic E-state index is 13.4. The van der Waals surface area contributed by atoms with Gasteiger partial charge in [0.15, 0.2) is 0 Å². The molecule has 2 amide bonds. The Kier molecular flexibility index (Phi) is 11.0. The monoisotopic (exact) mass is 455 g/mol. The molecule has 0 aliphatic rings. The first-order valence-corrected chi connectivity index (χ1v) is 12.3. The molecule has 182 valence electrons. The highest BCUT2D eigenvalue weighted by molar-refractivity contribution is 5.96. The van der Waals surface area contributed by atoms with E-state index in [1.165, 1.54) is 0 Å². The fourth-order valence-electron chi connectivity index (χ4n) is 3.59. The molecule has 1 unspecified atom stereocenters. The molecule has 1 heterocycles. The summed E-state index contributed by atoms with van der Waals surface area (Å²) in [7, 11) is 1.99. The Morgan fingerprint density at radius 1 is 1.03 bits per heavy atom. The Morgan fingerprint density at radius 2 is 1.73 bits per heavy atom. The summed E-state index contributed by atoms with van der Waals surface area (Å²) in [4.78, 5) is 30.3. The number of amides is 2. The molecule has 0 N–H and O–H groups in total. The summed E-state index contributed by atoms with van der Waals surface area (Å²) in [5, 5.41) is 0. The molecule has 0 saturated carbocycles. The Labute approximate surface area is 199 Å². The molecule has 1 aromatic heterocycles. The van der Waals surface area contributed by atoms with Crippen LogP contribution in [-0.4, -0.2) is 51.9 Å². The van der Waals surface area contributed by atoms with E-state index in [0.717, 1.165) is 43.5 Å². The van der Waals surface area contributed by atoms with E-state index < -0.39 is 0 Å². The molecule has 6 heteroatoms. The van der Waals surface area contributed by atoms with Crippen molar-refractivity contribution in [3.8, 4) is 5.75 Å². The summed E-state index contributed by atoms with van der Waals surface area (Å²) < 4.78 is 7.75. The van der Waals surface area contributed by atoms with E-state index in [0.29, 0.717) is 25.3 Å². The van der Waals surface area contributed by atoms with Crippen molar-refractivity contribution in [1.82, 2.24) is 14.4 Å². The van der Waals surface area contributed by atoms with Crippen LogP contribution in [0.3, 0.4) is 0 Å². The standard InChI is InChI=1S/C27H41N3O3/c1-6-9-18-29(20-24-12-11-17-28(24)5)26(31)21-30(22(4)8-3)27(32)23-13-15-25(16-14-23)33-19-10-7-2/h11-17,22H,6-10,18-21H2,1-5H3. The average molecular weight is 456 g/mol. The first-order valence-electron chi connectivity index (χ1n) is 12.3. The minimum Gasteiger partial charge on any atom is -0.494 e. The van der Waals surface area contributed by atoms with E-state index in [1.54, 1.807) is 17.0 Å². The first-order chi connectivity index (χ1) is 15.9. The zero-order valence-electron chi connectivity index (χ0n) is 21.0. The maximum atomic E-state index is 13.4. The molecule has 0 saturated heterocycles. The van der Waals surface area contributed by atoms with Crippen molar-refractivity contribution in [2.75, 3.05) is 19.7 Å². The van der Waals surface area contributed by atoms with Gasteiger partial charge in [0.1, 0.15) is 12.3 Å². The molecule has 2 aromatic rings. The van der Waals surface area contributed by atoms with Gasteiger partial charge in [-0.15, -0.1) is 0 Å². The van der Waals surface area contributed by atoms with Gasteiger partial charge in [-0.05, 0) is 62.6 Å². The quantitative estimate of drug-likeness (QED) is 0.365. The molecular weight excluding hydrogens is 414 g/mol. The van der Waals surface area contributed by atoms with Crippen LogP contribution in [0.5, 0.6) is 5.75 Å². The summed E-state index contributed by atoms with van der Waals surface area (Å²) >= 11 is 0. The lowest BCUT2D eigenvalue weighted by Gasteiger charge is -2.31. The van der Waals surface area contributed by atoms with Gasteiger partial charge in [-0.25, -0.2) is 0 Å². The molecule has 33 heavy (non-hydrogen) atoms. The molecule has 1 atom stereocenters. The third-order valence-corrected chi connectivity index (χ3v) is 6.10. The second kappa shape index (κ2) is 13.7. The smallest absolute Gasteiger partial charge is 0.254 e. The number of rotatable bonds is 14. The van der Waals surface area contributed by atoms with Crippen LogP contribution in [0.1, 0.15) is 75.9 Å². The van der Waals surface area contributed by atoms with Crippen LogP contribution in [0.2, 0.25) is 0 Å². The second-order valence-electron chi connectivity index (χ2n) is 8.70. The van der Waals surface area contributed by atoms with Crippen molar-refractivity contribution in [3.05, 3.63) is 53.9 Å². The number of nitrogens with zero attached hydrogens (tertiary/aromatic N) is 3. The van der Waals surface area contributed by atoms with Gasteiger partial charge in [-0.2, -0.15) is 0 Å². The van der Waals surface area contributed by atoms with Gasteiger partial charge in [-0.1, -0.05) is 33.6 Å². The number of aryl methyl sites for hydroxylation is 1. The van der Waals surface area contributed by atoms with Gasteiger partial charge in [0, 0.05) is 37.1 Å². The summed E-state index contributed by atoms with van der Waals surface area (Å²) in [6, 6.07) is 11.2. The largest absolute Gasteiger partial charge is 0.494 e. The Morgan fingerprint density at radius 3 is 2.30 bits per heavy atom. The maximum Gasteiger partial charge on any atom is 0.254 e. The lowest BCUT2D eigenvalue weighted by molar-refractivity contribution is -0.133. The Bertz CT molecular complexity index is 860. The van der Waals surface area contributed by atoms with Gasteiger partial charge in [0.2, 0.25) is 5.91 Å². The van der Waals surface area contributed by atoms with Crippen molar-refractivity contribution in [2.24, 2.45) is 7.05 Å². The molecule has 2 rings (SSSR count). The molecule has 0 bridgehead atoms.